The Bertz CT molecular complexity index is 217. The van der Waals surface area contributed by atoms with Crippen molar-refractivity contribution < 1.29 is 5.11 Å². The molecule has 1 fully saturated rings. The van der Waals surface area contributed by atoms with E-state index < -0.39 is 0 Å². The van der Waals surface area contributed by atoms with Gasteiger partial charge in [-0.05, 0) is 12.0 Å². The topological polar surface area (TPSA) is 20.2 Å². The minimum atomic E-state index is -0.0672. The quantitative estimate of drug-likeness (QED) is 0.617. The molecule has 0 spiro atoms. The zero-order valence-corrected chi connectivity index (χ0v) is 5.70. The average Bonchev–Trinajstić information content (AvgIpc) is 2.69. The summed E-state index contributed by atoms with van der Waals surface area (Å²) in [7, 11) is 0. The minimum Gasteiger partial charge on any atom is -0.392 e. The lowest BCUT2D eigenvalue weighted by atomic mass is 10.1. The van der Waals surface area contributed by atoms with Crippen molar-refractivity contribution in [1.29, 1.82) is 0 Å². The van der Waals surface area contributed by atoms with Crippen molar-refractivity contribution in [3.05, 3.63) is 35.9 Å². The van der Waals surface area contributed by atoms with Crippen molar-refractivity contribution in [2.24, 2.45) is 0 Å². The van der Waals surface area contributed by atoms with Crippen molar-refractivity contribution in [3.63, 3.8) is 0 Å². The Morgan fingerprint density at radius 1 is 1.20 bits per heavy atom. The summed E-state index contributed by atoms with van der Waals surface area (Å²) in [6, 6.07) is 10.2. The van der Waals surface area contributed by atoms with Crippen LogP contribution in [-0.2, 0) is 0 Å². The predicted molar refractivity (Wildman–Crippen MR) is 39.8 cm³/mol. The van der Waals surface area contributed by atoms with E-state index in [-0.39, 0.29) is 6.10 Å². The number of rotatable bonds is 1. The Hall–Kier alpha value is -0.820. The van der Waals surface area contributed by atoms with Crippen LogP contribution in [0.3, 0.4) is 0 Å². The van der Waals surface area contributed by atoms with Gasteiger partial charge in [0.15, 0.2) is 0 Å². The maximum atomic E-state index is 9.08. The van der Waals surface area contributed by atoms with Crippen LogP contribution in [0.2, 0.25) is 0 Å². The number of hydrogen-bond donors (Lipinski definition) is 1. The highest BCUT2D eigenvalue weighted by atomic mass is 16.3. The maximum absolute atomic E-state index is 9.08. The van der Waals surface area contributed by atoms with Crippen LogP contribution in [0.25, 0.3) is 0 Å². The van der Waals surface area contributed by atoms with Crippen molar-refractivity contribution in [2.75, 3.05) is 0 Å². The zero-order chi connectivity index (χ0) is 6.97. The summed E-state index contributed by atoms with van der Waals surface area (Å²) >= 11 is 0. The molecule has 1 aromatic carbocycles. The molecule has 1 aliphatic carbocycles. The van der Waals surface area contributed by atoms with E-state index in [2.05, 4.69) is 12.1 Å². The summed E-state index contributed by atoms with van der Waals surface area (Å²) < 4.78 is 0. The van der Waals surface area contributed by atoms with Gasteiger partial charge in [0.1, 0.15) is 0 Å². The third kappa shape index (κ3) is 0.929. The minimum absolute atomic E-state index is 0.0672. The summed E-state index contributed by atoms with van der Waals surface area (Å²) in [4.78, 5) is 0. The fraction of sp³-hybridized carbons (Fsp3) is 0.333. The lowest BCUT2D eigenvalue weighted by molar-refractivity contribution is 0.272. The molecule has 2 rings (SSSR count). The van der Waals surface area contributed by atoms with Crippen molar-refractivity contribution in [3.8, 4) is 0 Å². The molecule has 1 nitrogen and oxygen atoms in total. The zero-order valence-electron chi connectivity index (χ0n) is 5.70. The van der Waals surface area contributed by atoms with Crippen LogP contribution in [0.1, 0.15) is 17.9 Å². The lowest BCUT2D eigenvalue weighted by Crippen LogP contribution is -1.83. The van der Waals surface area contributed by atoms with Gasteiger partial charge < -0.3 is 5.11 Å². The summed E-state index contributed by atoms with van der Waals surface area (Å²) in [6.07, 6.45) is 0.881. The first-order valence-corrected chi connectivity index (χ1v) is 3.61. The van der Waals surface area contributed by atoms with Crippen LogP contribution in [-0.4, -0.2) is 11.2 Å². The predicted octanol–water partition coefficient (Wildman–Crippen LogP) is 1.53. The van der Waals surface area contributed by atoms with Crippen LogP contribution >= 0.6 is 0 Å². The van der Waals surface area contributed by atoms with Crippen LogP contribution in [0, 0.1) is 0 Å². The Labute approximate surface area is 60.3 Å². The molecule has 1 N–H and O–H groups in total. The molecule has 1 saturated carbocycles. The highest BCUT2D eigenvalue weighted by Gasteiger charge is 2.35. The van der Waals surface area contributed by atoms with Crippen LogP contribution in [0.4, 0.5) is 0 Å². The Kier molecular flexibility index (Phi) is 1.24. The second kappa shape index (κ2) is 2.10. The summed E-state index contributed by atoms with van der Waals surface area (Å²) in [5.41, 5.74) is 1.27. The molecule has 2 atom stereocenters. The number of aliphatic hydroxyl groups excluding tert-OH is 1. The van der Waals surface area contributed by atoms with Crippen molar-refractivity contribution in [1.82, 2.24) is 0 Å². The van der Waals surface area contributed by atoms with Crippen molar-refractivity contribution in [2.45, 2.75) is 18.4 Å². The van der Waals surface area contributed by atoms with E-state index in [9.17, 15) is 0 Å². The van der Waals surface area contributed by atoms with Gasteiger partial charge in [0.2, 0.25) is 0 Å². The summed E-state index contributed by atoms with van der Waals surface area (Å²) in [6.45, 7) is 0. The maximum Gasteiger partial charge on any atom is 0.0616 e. The standard InChI is InChI=1S/C9H10O/c10-9-6-8(9)7-4-2-1-3-5-7/h1-5,8-10H,6H2/t8-,9+/m0/s1. The highest BCUT2D eigenvalue weighted by Crippen LogP contribution is 2.40. The first-order chi connectivity index (χ1) is 4.88. The van der Waals surface area contributed by atoms with Gasteiger partial charge in [0.25, 0.3) is 0 Å². The van der Waals surface area contributed by atoms with Gasteiger partial charge in [-0.15, -0.1) is 0 Å². The largest absolute Gasteiger partial charge is 0.392 e. The molecule has 0 heterocycles. The van der Waals surface area contributed by atoms with Gasteiger partial charge in [-0.1, -0.05) is 30.3 Å². The second-order valence-electron chi connectivity index (χ2n) is 2.82. The first kappa shape index (κ1) is 5.93. The molecular weight excluding hydrogens is 124 g/mol. The van der Waals surface area contributed by atoms with E-state index in [0.717, 1.165) is 6.42 Å². The van der Waals surface area contributed by atoms with Crippen LogP contribution < -0.4 is 0 Å². The monoisotopic (exact) mass is 134 g/mol. The smallest absolute Gasteiger partial charge is 0.0616 e. The fourth-order valence-electron chi connectivity index (χ4n) is 1.24. The number of aliphatic hydroxyl groups is 1. The highest BCUT2D eigenvalue weighted by molar-refractivity contribution is 5.25. The molecular formula is C9H10O. The van der Waals surface area contributed by atoms with Gasteiger partial charge in [-0.3, -0.25) is 0 Å². The molecule has 1 aromatic rings. The third-order valence-electron chi connectivity index (χ3n) is 1.98. The molecule has 0 bridgehead atoms. The molecule has 0 aromatic heterocycles. The molecule has 10 heavy (non-hydrogen) atoms. The summed E-state index contributed by atoms with van der Waals surface area (Å²) in [5, 5.41) is 9.08. The average molecular weight is 134 g/mol. The van der Waals surface area contributed by atoms with Crippen LogP contribution in [0.15, 0.2) is 30.3 Å². The fourth-order valence-corrected chi connectivity index (χ4v) is 1.24. The van der Waals surface area contributed by atoms with E-state index in [4.69, 9.17) is 5.11 Å². The van der Waals surface area contributed by atoms with Crippen LogP contribution in [0.5, 0.6) is 0 Å². The van der Waals surface area contributed by atoms with Gasteiger partial charge in [0.05, 0.1) is 6.10 Å². The lowest BCUT2D eigenvalue weighted by Gasteiger charge is -1.93. The number of hydrogen-bond acceptors (Lipinski definition) is 1. The van der Waals surface area contributed by atoms with E-state index in [1.807, 2.05) is 18.2 Å². The molecule has 0 unspecified atom stereocenters. The van der Waals surface area contributed by atoms with Crippen molar-refractivity contribution >= 4 is 0 Å². The number of benzene rings is 1. The van der Waals surface area contributed by atoms with Gasteiger partial charge >= 0.3 is 0 Å². The van der Waals surface area contributed by atoms with Gasteiger partial charge in [-0.25, -0.2) is 0 Å². The molecule has 1 heteroatoms. The second-order valence-corrected chi connectivity index (χ2v) is 2.82. The van der Waals surface area contributed by atoms with E-state index in [0.29, 0.717) is 5.92 Å². The molecule has 0 amide bonds. The molecule has 1 aliphatic rings. The molecule has 52 valence electrons. The molecule has 0 radical (unpaired) electrons. The SMILES string of the molecule is O[C@@H]1C[C@H]1c1ccccc1. The van der Waals surface area contributed by atoms with E-state index in [1.54, 1.807) is 0 Å². The Balaban J connectivity index is 2.20. The van der Waals surface area contributed by atoms with Gasteiger partial charge in [0, 0.05) is 5.92 Å². The third-order valence-corrected chi connectivity index (χ3v) is 1.98. The first-order valence-electron chi connectivity index (χ1n) is 3.61. The Morgan fingerprint density at radius 2 is 1.80 bits per heavy atom. The summed E-state index contributed by atoms with van der Waals surface area (Å²) in [5.74, 6) is 0.432. The van der Waals surface area contributed by atoms with Gasteiger partial charge in [-0.2, -0.15) is 0 Å². The van der Waals surface area contributed by atoms with E-state index >= 15 is 0 Å². The Morgan fingerprint density at radius 3 is 2.30 bits per heavy atom. The normalized spacial score (nSPS) is 30.1. The molecule has 0 saturated heterocycles. The van der Waals surface area contributed by atoms with E-state index in [1.165, 1.54) is 5.56 Å². The molecule has 0 aliphatic heterocycles.